The number of aliphatic hydroxyl groups excluding tert-OH is 2. The highest BCUT2D eigenvalue weighted by Gasteiger charge is 2.19. The van der Waals surface area contributed by atoms with Gasteiger partial charge < -0.3 is 10.2 Å². The fourth-order valence-electron chi connectivity index (χ4n) is 2.51. The molecule has 23 heavy (non-hydrogen) atoms. The van der Waals surface area contributed by atoms with Crippen LogP contribution in [0.1, 0.15) is 11.7 Å². The van der Waals surface area contributed by atoms with Crippen LogP contribution in [0.15, 0.2) is 24.3 Å². The normalized spacial score (nSPS) is 17.0. The second kappa shape index (κ2) is 10.7. The number of benzene rings is 1. The van der Waals surface area contributed by atoms with E-state index in [2.05, 4.69) is 9.80 Å². The number of nitro benzene ring substituents is 1. The zero-order valence-corrected chi connectivity index (χ0v) is 14.3. The van der Waals surface area contributed by atoms with Crippen LogP contribution in [0.2, 0.25) is 0 Å². The number of piperazine rings is 1. The van der Waals surface area contributed by atoms with E-state index >= 15 is 0 Å². The lowest BCUT2D eigenvalue weighted by Crippen LogP contribution is -2.48. The van der Waals surface area contributed by atoms with Crippen LogP contribution in [0.25, 0.3) is 0 Å². The van der Waals surface area contributed by atoms with Crippen molar-refractivity contribution >= 4 is 30.5 Å². The highest BCUT2D eigenvalue weighted by molar-refractivity contribution is 5.85. The fraction of sp³-hybridized carbons (Fsp3) is 0.571. The molecule has 1 aliphatic rings. The molecule has 0 bridgehead atoms. The largest absolute Gasteiger partial charge is 0.395 e. The van der Waals surface area contributed by atoms with E-state index in [0.29, 0.717) is 18.7 Å². The zero-order chi connectivity index (χ0) is 15.2. The second-order valence-electron chi connectivity index (χ2n) is 5.23. The molecule has 0 radical (unpaired) electrons. The summed E-state index contributed by atoms with van der Waals surface area (Å²) in [7, 11) is 0. The molecule has 1 aromatic rings. The van der Waals surface area contributed by atoms with Crippen LogP contribution in [0.5, 0.6) is 0 Å². The molecule has 1 atom stereocenters. The van der Waals surface area contributed by atoms with Crippen LogP contribution >= 0.6 is 24.8 Å². The number of halogens is 2. The van der Waals surface area contributed by atoms with E-state index in [1.54, 1.807) is 12.1 Å². The van der Waals surface area contributed by atoms with Crippen molar-refractivity contribution < 1.29 is 15.1 Å². The van der Waals surface area contributed by atoms with Crippen molar-refractivity contribution in [3.63, 3.8) is 0 Å². The second-order valence-corrected chi connectivity index (χ2v) is 5.23. The Kier molecular flexibility index (Phi) is 10.3. The minimum absolute atomic E-state index is 0. The summed E-state index contributed by atoms with van der Waals surface area (Å²) in [4.78, 5) is 14.5. The number of nitro groups is 1. The minimum atomic E-state index is -0.643. The van der Waals surface area contributed by atoms with Gasteiger partial charge in [-0.05, 0) is 17.7 Å². The first-order valence-electron chi connectivity index (χ1n) is 7.08. The van der Waals surface area contributed by atoms with E-state index in [4.69, 9.17) is 5.11 Å². The number of nitrogens with zero attached hydrogens (tertiary/aromatic N) is 3. The minimum Gasteiger partial charge on any atom is -0.395 e. The molecule has 2 N–H and O–H groups in total. The molecule has 0 saturated carbocycles. The van der Waals surface area contributed by atoms with Gasteiger partial charge >= 0.3 is 0 Å². The van der Waals surface area contributed by atoms with Crippen LogP contribution in [-0.2, 0) is 0 Å². The number of rotatable bonds is 6. The number of hydrogen-bond donors (Lipinski definition) is 2. The standard InChI is InChI=1S/C14H21N3O4.2ClH/c18-10-9-15-5-7-16(8-6-15)11-14(19)12-1-3-13(4-2-12)17(20)21;;/h1-4,14,18-19H,5-11H2;2*1H. The van der Waals surface area contributed by atoms with Gasteiger partial charge in [0.25, 0.3) is 5.69 Å². The van der Waals surface area contributed by atoms with E-state index in [-0.39, 0.29) is 37.1 Å². The summed E-state index contributed by atoms with van der Waals surface area (Å²) in [6, 6.07) is 6.03. The van der Waals surface area contributed by atoms with Crippen molar-refractivity contribution in [1.29, 1.82) is 0 Å². The van der Waals surface area contributed by atoms with Crippen molar-refractivity contribution in [1.82, 2.24) is 9.80 Å². The molecule has 9 heteroatoms. The molecule has 1 heterocycles. The van der Waals surface area contributed by atoms with E-state index in [0.717, 1.165) is 26.2 Å². The predicted octanol–water partition coefficient (Wildman–Crippen LogP) is 1.08. The van der Waals surface area contributed by atoms with Gasteiger partial charge in [0.2, 0.25) is 0 Å². The number of hydrogen-bond acceptors (Lipinski definition) is 6. The Morgan fingerprint density at radius 3 is 2.09 bits per heavy atom. The van der Waals surface area contributed by atoms with Gasteiger partial charge in [-0.15, -0.1) is 24.8 Å². The Hall–Kier alpha value is -0.960. The van der Waals surface area contributed by atoms with Crippen molar-refractivity contribution in [2.45, 2.75) is 6.10 Å². The summed E-state index contributed by atoms with van der Waals surface area (Å²) in [5, 5.41) is 29.7. The number of aliphatic hydroxyl groups is 2. The molecule has 1 aliphatic heterocycles. The average Bonchev–Trinajstić information content (AvgIpc) is 2.49. The summed E-state index contributed by atoms with van der Waals surface area (Å²) in [6.45, 7) is 4.85. The summed E-state index contributed by atoms with van der Waals surface area (Å²) < 4.78 is 0. The molecule has 0 aromatic heterocycles. The van der Waals surface area contributed by atoms with Crippen LogP contribution < -0.4 is 0 Å². The van der Waals surface area contributed by atoms with Gasteiger partial charge in [0.05, 0.1) is 17.6 Å². The van der Waals surface area contributed by atoms with Gasteiger partial charge in [-0.25, -0.2) is 0 Å². The SMILES string of the molecule is Cl.Cl.O=[N+]([O-])c1ccc(C(O)CN2CCN(CCO)CC2)cc1. The third kappa shape index (κ3) is 6.58. The lowest BCUT2D eigenvalue weighted by molar-refractivity contribution is -0.384. The Balaban J connectivity index is 0.00000242. The van der Waals surface area contributed by atoms with Crippen LogP contribution in [0, 0.1) is 10.1 Å². The molecule has 0 aliphatic carbocycles. The molecule has 2 rings (SSSR count). The molecular weight excluding hydrogens is 345 g/mol. The first kappa shape index (κ1) is 22.0. The van der Waals surface area contributed by atoms with Crippen LogP contribution in [0.4, 0.5) is 5.69 Å². The van der Waals surface area contributed by atoms with Crippen molar-refractivity contribution in [3.8, 4) is 0 Å². The highest BCUT2D eigenvalue weighted by atomic mass is 35.5. The highest BCUT2D eigenvalue weighted by Crippen LogP contribution is 2.19. The fourth-order valence-corrected chi connectivity index (χ4v) is 2.51. The maximum atomic E-state index is 10.6. The predicted molar refractivity (Wildman–Crippen MR) is 92.5 cm³/mol. The molecule has 0 amide bonds. The van der Waals surface area contributed by atoms with Crippen molar-refractivity contribution in [3.05, 3.63) is 39.9 Å². The Morgan fingerprint density at radius 2 is 1.61 bits per heavy atom. The third-order valence-electron chi connectivity index (χ3n) is 3.80. The van der Waals surface area contributed by atoms with Gasteiger partial charge in [-0.2, -0.15) is 0 Å². The van der Waals surface area contributed by atoms with Gasteiger partial charge in [-0.3, -0.25) is 19.9 Å². The smallest absolute Gasteiger partial charge is 0.269 e. The lowest BCUT2D eigenvalue weighted by atomic mass is 10.1. The summed E-state index contributed by atoms with van der Waals surface area (Å²) in [6.07, 6.45) is -0.643. The Labute approximate surface area is 147 Å². The summed E-state index contributed by atoms with van der Waals surface area (Å²) in [5.41, 5.74) is 0.724. The Bertz CT molecular complexity index is 468. The third-order valence-corrected chi connectivity index (χ3v) is 3.80. The topological polar surface area (TPSA) is 90.1 Å². The molecule has 1 fully saturated rings. The van der Waals surface area contributed by atoms with Crippen LogP contribution in [0.3, 0.4) is 0 Å². The van der Waals surface area contributed by atoms with Gasteiger partial charge in [0.1, 0.15) is 0 Å². The Morgan fingerprint density at radius 1 is 1.09 bits per heavy atom. The molecule has 0 spiro atoms. The first-order valence-corrected chi connectivity index (χ1v) is 7.08. The molecular formula is C14H23Cl2N3O4. The lowest BCUT2D eigenvalue weighted by Gasteiger charge is -2.35. The monoisotopic (exact) mass is 367 g/mol. The van der Waals surface area contributed by atoms with Crippen molar-refractivity contribution in [2.75, 3.05) is 45.9 Å². The summed E-state index contributed by atoms with van der Waals surface area (Å²) >= 11 is 0. The molecule has 1 aromatic carbocycles. The van der Waals surface area contributed by atoms with Gasteiger partial charge in [0.15, 0.2) is 0 Å². The van der Waals surface area contributed by atoms with Crippen LogP contribution in [-0.4, -0.2) is 70.8 Å². The molecule has 1 unspecified atom stereocenters. The zero-order valence-electron chi connectivity index (χ0n) is 12.7. The van der Waals surface area contributed by atoms with Crippen molar-refractivity contribution in [2.24, 2.45) is 0 Å². The van der Waals surface area contributed by atoms with Gasteiger partial charge in [0, 0.05) is 51.4 Å². The number of non-ortho nitro benzene ring substituents is 1. The van der Waals surface area contributed by atoms with Gasteiger partial charge in [-0.1, -0.05) is 0 Å². The average molecular weight is 368 g/mol. The number of β-amino-alcohol motifs (C(OH)–C–C–N with tert-alkyl or cyclic N) is 2. The van der Waals surface area contributed by atoms with E-state index < -0.39 is 11.0 Å². The van der Waals surface area contributed by atoms with E-state index in [9.17, 15) is 15.2 Å². The van der Waals surface area contributed by atoms with E-state index in [1.807, 2.05) is 0 Å². The maximum absolute atomic E-state index is 10.6. The molecule has 1 saturated heterocycles. The quantitative estimate of drug-likeness (QED) is 0.577. The molecule has 7 nitrogen and oxygen atoms in total. The molecule has 132 valence electrons. The summed E-state index contributed by atoms with van der Waals surface area (Å²) in [5.74, 6) is 0. The first-order chi connectivity index (χ1) is 10.1. The van der Waals surface area contributed by atoms with E-state index in [1.165, 1.54) is 12.1 Å². The maximum Gasteiger partial charge on any atom is 0.269 e.